The summed E-state index contributed by atoms with van der Waals surface area (Å²) in [6.45, 7) is 1.54. The Kier molecular flexibility index (Phi) is 5.41. The van der Waals surface area contributed by atoms with Crippen LogP contribution in [-0.2, 0) is 6.18 Å². The molecule has 0 atom stereocenters. The van der Waals surface area contributed by atoms with Crippen molar-refractivity contribution in [2.24, 2.45) is 0 Å². The summed E-state index contributed by atoms with van der Waals surface area (Å²) in [5, 5.41) is 4.31. The number of rotatable bonds is 5. The van der Waals surface area contributed by atoms with Crippen LogP contribution in [0.3, 0.4) is 0 Å². The zero-order valence-electron chi connectivity index (χ0n) is 17.8. The maximum absolute atomic E-state index is 14.0. The Bertz CT molecular complexity index is 1280. The van der Waals surface area contributed by atoms with Gasteiger partial charge in [-0.1, -0.05) is 0 Å². The van der Waals surface area contributed by atoms with Gasteiger partial charge in [-0.05, 0) is 55.5 Å². The van der Waals surface area contributed by atoms with Gasteiger partial charge in [-0.15, -0.1) is 0 Å². The van der Waals surface area contributed by atoms with E-state index in [4.69, 9.17) is 14.2 Å². The lowest BCUT2D eigenvalue weighted by Crippen LogP contribution is -2.08. The summed E-state index contributed by atoms with van der Waals surface area (Å²) in [5.41, 5.74) is 0.691. The number of halogens is 3. The Morgan fingerprint density at radius 1 is 0.844 bits per heavy atom. The molecular weight excluding hydrogens is 423 g/mol. The maximum atomic E-state index is 14.0. The van der Waals surface area contributed by atoms with Gasteiger partial charge in [0.25, 0.3) is 0 Å². The molecule has 4 aromatic rings. The van der Waals surface area contributed by atoms with E-state index in [-0.39, 0.29) is 22.4 Å². The number of pyridine rings is 1. The summed E-state index contributed by atoms with van der Waals surface area (Å²) in [7, 11) is 4.48. The first-order valence-corrected chi connectivity index (χ1v) is 9.61. The molecule has 2 aromatic carbocycles. The Morgan fingerprint density at radius 2 is 1.53 bits per heavy atom. The number of aryl methyl sites for hydroxylation is 1. The SMILES string of the molecule is COc1ccc(-n2nc(C)c3c(C(F)(F)F)cc(-c4ccc(OC)c(OC)c4)nc32)cc1. The molecule has 2 heterocycles. The highest BCUT2D eigenvalue weighted by Gasteiger charge is 2.36. The Balaban J connectivity index is 1.99. The second-order valence-electron chi connectivity index (χ2n) is 7.02. The molecule has 0 fully saturated rings. The van der Waals surface area contributed by atoms with Gasteiger partial charge in [0.1, 0.15) is 5.75 Å². The second kappa shape index (κ2) is 8.07. The highest BCUT2D eigenvalue weighted by atomic mass is 19.4. The number of hydrogen-bond acceptors (Lipinski definition) is 5. The van der Waals surface area contributed by atoms with Gasteiger partial charge in [-0.25, -0.2) is 9.67 Å². The van der Waals surface area contributed by atoms with Crippen molar-refractivity contribution in [3.8, 4) is 34.2 Å². The fraction of sp³-hybridized carbons (Fsp3) is 0.217. The molecule has 9 heteroatoms. The molecule has 0 aliphatic carbocycles. The average molecular weight is 443 g/mol. The van der Waals surface area contributed by atoms with Gasteiger partial charge in [0.2, 0.25) is 0 Å². The lowest BCUT2D eigenvalue weighted by molar-refractivity contribution is -0.136. The number of nitrogens with zero attached hydrogens (tertiary/aromatic N) is 3. The van der Waals surface area contributed by atoms with Gasteiger partial charge in [0.05, 0.1) is 49.4 Å². The number of aromatic nitrogens is 3. The van der Waals surface area contributed by atoms with E-state index < -0.39 is 11.7 Å². The zero-order valence-corrected chi connectivity index (χ0v) is 17.8. The normalized spacial score (nSPS) is 11.6. The minimum atomic E-state index is -4.59. The maximum Gasteiger partial charge on any atom is 0.417 e. The van der Waals surface area contributed by atoms with E-state index in [1.165, 1.54) is 32.9 Å². The van der Waals surface area contributed by atoms with Gasteiger partial charge in [-0.2, -0.15) is 18.3 Å². The number of benzene rings is 2. The van der Waals surface area contributed by atoms with Crippen molar-refractivity contribution in [3.05, 3.63) is 59.8 Å². The van der Waals surface area contributed by atoms with Crippen molar-refractivity contribution in [1.29, 1.82) is 0 Å². The monoisotopic (exact) mass is 443 g/mol. The quantitative estimate of drug-likeness (QED) is 0.411. The van der Waals surface area contributed by atoms with Crippen LogP contribution in [0.1, 0.15) is 11.3 Å². The van der Waals surface area contributed by atoms with Crippen LogP contribution >= 0.6 is 0 Å². The molecule has 0 unspecified atom stereocenters. The van der Waals surface area contributed by atoms with Crippen LogP contribution in [0.15, 0.2) is 48.5 Å². The first kappa shape index (κ1) is 21.5. The van der Waals surface area contributed by atoms with Gasteiger partial charge >= 0.3 is 6.18 Å². The van der Waals surface area contributed by atoms with Crippen molar-refractivity contribution in [1.82, 2.24) is 14.8 Å². The first-order valence-electron chi connectivity index (χ1n) is 9.61. The highest BCUT2D eigenvalue weighted by molar-refractivity contribution is 5.87. The lowest BCUT2D eigenvalue weighted by atomic mass is 10.0. The van der Waals surface area contributed by atoms with Gasteiger partial charge in [0.15, 0.2) is 17.1 Å². The molecule has 166 valence electrons. The van der Waals surface area contributed by atoms with E-state index in [0.29, 0.717) is 28.5 Å². The van der Waals surface area contributed by atoms with Crippen molar-refractivity contribution in [2.45, 2.75) is 13.1 Å². The van der Waals surface area contributed by atoms with E-state index in [9.17, 15) is 13.2 Å². The first-order chi connectivity index (χ1) is 15.3. The van der Waals surface area contributed by atoms with Crippen LogP contribution in [0, 0.1) is 6.92 Å². The molecular formula is C23H20F3N3O3. The predicted octanol–water partition coefficient (Wildman–Crippen LogP) is 5.44. The fourth-order valence-corrected chi connectivity index (χ4v) is 3.56. The summed E-state index contributed by atoms with van der Waals surface area (Å²) in [6.07, 6.45) is -4.59. The topological polar surface area (TPSA) is 58.4 Å². The molecule has 4 rings (SSSR count). The van der Waals surface area contributed by atoms with E-state index >= 15 is 0 Å². The summed E-state index contributed by atoms with van der Waals surface area (Å²) in [6, 6.07) is 12.7. The summed E-state index contributed by atoms with van der Waals surface area (Å²) in [5.74, 6) is 1.48. The van der Waals surface area contributed by atoms with Crippen molar-refractivity contribution in [2.75, 3.05) is 21.3 Å². The fourth-order valence-electron chi connectivity index (χ4n) is 3.56. The van der Waals surface area contributed by atoms with Gasteiger partial charge in [-0.3, -0.25) is 0 Å². The molecule has 0 saturated carbocycles. The van der Waals surface area contributed by atoms with E-state index in [2.05, 4.69) is 10.1 Å². The highest BCUT2D eigenvalue weighted by Crippen LogP contribution is 2.40. The van der Waals surface area contributed by atoms with Crippen molar-refractivity contribution < 1.29 is 27.4 Å². The summed E-state index contributed by atoms with van der Waals surface area (Å²) in [4.78, 5) is 4.56. The van der Waals surface area contributed by atoms with Crippen LogP contribution in [0.5, 0.6) is 17.2 Å². The number of hydrogen-bond donors (Lipinski definition) is 0. The van der Waals surface area contributed by atoms with Crippen LogP contribution in [-0.4, -0.2) is 36.1 Å². The van der Waals surface area contributed by atoms with E-state index in [1.807, 2.05) is 0 Å². The van der Waals surface area contributed by atoms with Crippen LogP contribution in [0.4, 0.5) is 13.2 Å². The molecule has 0 spiro atoms. The molecule has 0 radical (unpaired) electrons. The molecule has 0 aliphatic rings. The van der Waals surface area contributed by atoms with Gasteiger partial charge < -0.3 is 14.2 Å². The number of alkyl halides is 3. The van der Waals surface area contributed by atoms with Crippen LogP contribution < -0.4 is 14.2 Å². The Hall–Kier alpha value is -3.75. The van der Waals surface area contributed by atoms with Crippen LogP contribution in [0.2, 0.25) is 0 Å². The predicted molar refractivity (Wildman–Crippen MR) is 114 cm³/mol. The number of ether oxygens (including phenoxy) is 3. The molecule has 32 heavy (non-hydrogen) atoms. The molecule has 0 amide bonds. The van der Waals surface area contributed by atoms with E-state index in [1.54, 1.807) is 42.5 Å². The number of methoxy groups -OCH3 is 3. The third kappa shape index (κ3) is 3.70. The molecule has 0 N–H and O–H groups in total. The Labute approximate surface area is 182 Å². The van der Waals surface area contributed by atoms with Crippen LogP contribution in [0.25, 0.3) is 28.0 Å². The number of fused-ring (bicyclic) bond motifs is 1. The Morgan fingerprint density at radius 3 is 2.12 bits per heavy atom. The van der Waals surface area contributed by atoms with E-state index in [0.717, 1.165) is 6.07 Å². The molecule has 0 bridgehead atoms. The minimum Gasteiger partial charge on any atom is -0.497 e. The molecule has 0 aliphatic heterocycles. The zero-order chi connectivity index (χ0) is 23.0. The smallest absolute Gasteiger partial charge is 0.417 e. The third-order valence-electron chi connectivity index (χ3n) is 5.11. The molecule has 6 nitrogen and oxygen atoms in total. The van der Waals surface area contributed by atoms with Gasteiger partial charge in [0, 0.05) is 5.56 Å². The molecule has 0 saturated heterocycles. The average Bonchev–Trinajstić information content (AvgIpc) is 3.13. The second-order valence-corrected chi connectivity index (χ2v) is 7.02. The summed E-state index contributed by atoms with van der Waals surface area (Å²) < 4.78 is 59.2. The third-order valence-corrected chi connectivity index (χ3v) is 5.11. The largest absolute Gasteiger partial charge is 0.497 e. The van der Waals surface area contributed by atoms with Crippen molar-refractivity contribution >= 4 is 11.0 Å². The lowest BCUT2D eigenvalue weighted by Gasteiger charge is -2.13. The summed E-state index contributed by atoms with van der Waals surface area (Å²) >= 11 is 0. The minimum absolute atomic E-state index is 0.0439. The standard InChI is InChI=1S/C23H20F3N3O3/c1-13-21-17(23(24,25)26)12-18(14-5-10-19(31-3)20(11-14)32-4)27-22(21)29(28-13)15-6-8-16(30-2)9-7-15/h5-12H,1-4H3. The van der Waals surface area contributed by atoms with Crippen molar-refractivity contribution in [3.63, 3.8) is 0 Å². The molecule has 2 aromatic heterocycles.